The molecule has 0 unspecified atom stereocenters. The summed E-state index contributed by atoms with van der Waals surface area (Å²) in [6.07, 6.45) is 0.755. The zero-order chi connectivity index (χ0) is 12.1. The van der Waals surface area contributed by atoms with E-state index in [1.54, 1.807) is 48.5 Å². The minimum absolute atomic E-state index is 0.0352. The lowest BCUT2D eigenvalue weighted by Crippen LogP contribution is -1.91. The van der Waals surface area contributed by atoms with Gasteiger partial charge in [-0.05, 0) is 29.8 Å². The maximum Gasteiger partial charge on any atom is 0.153 e. The fraction of sp³-hybridized carbons (Fsp3) is 0.0714. The third kappa shape index (κ3) is 2.71. The van der Waals surface area contributed by atoms with Gasteiger partial charge in [-0.15, -0.1) is 0 Å². The molecule has 0 fully saturated rings. The van der Waals surface area contributed by atoms with Crippen LogP contribution in [0.25, 0.3) is 0 Å². The fourth-order valence-electron chi connectivity index (χ4n) is 1.51. The number of rotatable bonds is 4. The summed E-state index contributed by atoms with van der Waals surface area (Å²) in [5, 5.41) is 9.02. The molecule has 2 aromatic rings. The molecular formula is C14H12O3. The normalized spacial score (nSPS) is 9.94. The van der Waals surface area contributed by atoms with E-state index >= 15 is 0 Å². The molecule has 0 saturated carbocycles. The van der Waals surface area contributed by atoms with Crippen LogP contribution in [0, 0.1) is 0 Å². The highest BCUT2D eigenvalue weighted by molar-refractivity contribution is 5.79. The van der Waals surface area contributed by atoms with Crippen molar-refractivity contribution in [2.75, 3.05) is 0 Å². The quantitative estimate of drug-likeness (QED) is 0.818. The van der Waals surface area contributed by atoms with Crippen LogP contribution in [0.2, 0.25) is 0 Å². The molecular weight excluding hydrogens is 216 g/mol. The van der Waals surface area contributed by atoms with Crippen molar-refractivity contribution in [3.05, 3.63) is 59.7 Å². The number of carbonyl (C=O) groups excluding carboxylic acids is 1. The van der Waals surface area contributed by atoms with Crippen LogP contribution in [0.1, 0.15) is 15.9 Å². The molecule has 0 radical (unpaired) electrons. The van der Waals surface area contributed by atoms with Crippen LogP contribution >= 0.6 is 0 Å². The van der Waals surface area contributed by atoms with Crippen molar-refractivity contribution in [3.63, 3.8) is 0 Å². The van der Waals surface area contributed by atoms with Gasteiger partial charge in [0.1, 0.15) is 11.5 Å². The van der Waals surface area contributed by atoms with E-state index in [9.17, 15) is 4.79 Å². The number of hydrogen-bond acceptors (Lipinski definition) is 3. The standard InChI is InChI=1S/C14H12O3/c15-9-11-4-3-6-13(8-11)17-14-7-2-1-5-12(14)10-16/h1-8,10,15H,9H2. The van der Waals surface area contributed by atoms with Crippen LogP contribution in [0.3, 0.4) is 0 Å². The van der Waals surface area contributed by atoms with E-state index in [-0.39, 0.29) is 6.61 Å². The largest absolute Gasteiger partial charge is 0.457 e. The van der Waals surface area contributed by atoms with Crippen molar-refractivity contribution >= 4 is 6.29 Å². The van der Waals surface area contributed by atoms with Gasteiger partial charge in [0, 0.05) is 0 Å². The van der Waals surface area contributed by atoms with Gasteiger partial charge in [-0.3, -0.25) is 4.79 Å². The van der Waals surface area contributed by atoms with Crippen LogP contribution in [-0.2, 0) is 6.61 Å². The maximum absolute atomic E-state index is 10.8. The molecule has 0 bridgehead atoms. The SMILES string of the molecule is O=Cc1ccccc1Oc1cccc(CO)c1. The topological polar surface area (TPSA) is 46.5 Å². The fourth-order valence-corrected chi connectivity index (χ4v) is 1.51. The highest BCUT2D eigenvalue weighted by Crippen LogP contribution is 2.24. The smallest absolute Gasteiger partial charge is 0.153 e. The molecule has 0 amide bonds. The monoisotopic (exact) mass is 228 g/mol. The zero-order valence-electron chi connectivity index (χ0n) is 9.17. The third-order valence-electron chi connectivity index (χ3n) is 2.35. The van der Waals surface area contributed by atoms with Crippen LogP contribution < -0.4 is 4.74 Å². The van der Waals surface area contributed by atoms with Gasteiger partial charge in [0.2, 0.25) is 0 Å². The number of benzene rings is 2. The lowest BCUT2D eigenvalue weighted by Gasteiger charge is -2.08. The van der Waals surface area contributed by atoms with Crippen molar-refractivity contribution in [2.45, 2.75) is 6.61 Å². The Morgan fingerprint density at radius 2 is 1.94 bits per heavy atom. The molecule has 0 aromatic heterocycles. The highest BCUT2D eigenvalue weighted by atomic mass is 16.5. The van der Waals surface area contributed by atoms with Gasteiger partial charge in [-0.2, -0.15) is 0 Å². The van der Waals surface area contributed by atoms with Crippen LogP contribution in [0.4, 0.5) is 0 Å². The van der Waals surface area contributed by atoms with E-state index in [0.717, 1.165) is 11.8 Å². The number of aliphatic hydroxyl groups excluding tert-OH is 1. The maximum atomic E-state index is 10.8. The Hall–Kier alpha value is -2.13. The van der Waals surface area contributed by atoms with E-state index < -0.39 is 0 Å². The van der Waals surface area contributed by atoms with Crippen molar-refractivity contribution in [1.29, 1.82) is 0 Å². The molecule has 3 nitrogen and oxygen atoms in total. The predicted molar refractivity (Wildman–Crippen MR) is 64.3 cm³/mol. The van der Waals surface area contributed by atoms with Crippen molar-refractivity contribution in [2.24, 2.45) is 0 Å². The van der Waals surface area contributed by atoms with Crippen molar-refractivity contribution < 1.29 is 14.6 Å². The number of aldehydes is 1. The van der Waals surface area contributed by atoms with Gasteiger partial charge in [-0.1, -0.05) is 24.3 Å². The summed E-state index contributed by atoms with van der Waals surface area (Å²) >= 11 is 0. The Bertz CT molecular complexity index is 520. The molecule has 0 spiro atoms. The molecule has 17 heavy (non-hydrogen) atoms. The summed E-state index contributed by atoms with van der Waals surface area (Å²) in [7, 11) is 0. The first-order valence-electron chi connectivity index (χ1n) is 5.25. The molecule has 86 valence electrons. The highest BCUT2D eigenvalue weighted by Gasteiger charge is 2.03. The Kier molecular flexibility index (Phi) is 3.52. The first kappa shape index (κ1) is 11.4. The Labute approximate surface area is 99.3 Å². The van der Waals surface area contributed by atoms with E-state index in [0.29, 0.717) is 17.1 Å². The third-order valence-corrected chi connectivity index (χ3v) is 2.35. The summed E-state index contributed by atoms with van der Waals surface area (Å²) in [6, 6.07) is 14.1. The Morgan fingerprint density at radius 1 is 1.12 bits per heavy atom. The average molecular weight is 228 g/mol. The molecule has 2 aromatic carbocycles. The van der Waals surface area contributed by atoms with Crippen LogP contribution in [-0.4, -0.2) is 11.4 Å². The predicted octanol–water partition coefficient (Wildman–Crippen LogP) is 2.78. The number of aliphatic hydroxyl groups is 1. The minimum Gasteiger partial charge on any atom is -0.457 e. The van der Waals surface area contributed by atoms with Gasteiger partial charge >= 0.3 is 0 Å². The Morgan fingerprint density at radius 3 is 2.71 bits per heavy atom. The van der Waals surface area contributed by atoms with Gasteiger partial charge in [0.05, 0.1) is 12.2 Å². The van der Waals surface area contributed by atoms with Crippen LogP contribution in [0.5, 0.6) is 11.5 Å². The molecule has 3 heteroatoms. The van der Waals surface area contributed by atoms with Gasteiger partial charge in [-0.25, -0.2) is 0 Å². The summed E-state index contributed by atoms with van der Waals surface area (Å²) < 4.78 is 5.60. The number of hydrogen-bond donors (Lipinski definition) is 1. The second kappa shape index (κ2) is 5.27. The molecule has 0 saturated heterocycles. The zero-order valence-corrected chi connectivity index (χ0v) is 9.17. The second-order valence-corrected chi connectivity index (χ2v) is 3.56. The number of para-hydroxylation sites is 1. The first-order valence-corrected chi connectivity index (χ1v) is 5.25. The first-order chi connectivity index (χ1) is 8.33. The molecule has 1 N–H and O–H groups in total. The van der Waals surface area contributed by atoms with E-state index in [1.165, 1.54) is 0 Å². The van der Waals surface area contributed by atoms with Gasteiger partial charge in [0.15, 0.2) is 6.29 Å². The number of ether oxygens (including phenoxy) is 1. The molecule has 0 aliphatic carbocycles. The van der Waals surface area contributed by atoms with Crippen LogP contribution in [0.15, 0.2) is 48.5 Å². The minimum atomic E-state index is -0.0352. The molecule has 0 heterocycles. The average Bonchev–Trinajstić information content (AvgIpc) is 2.39. The van der Waals surface area contributed by atoms with Gasteiger partial charge in [0.25, 0.3) is 0 Å². The summed E-state index contributed by atoms with van der Waals surface area (Å²) in [6.45, 7) is -0.0352. The summed E-state index contributed by atoms with van der Waals surface area (Å²) in [5.41, 5.74) is 1.27. The lowest BCUT2D eigenvalue weighted by atomic mass is 10.2. The second-order valence-electron chi connectivity index (χ2n) is 3.56. The van der Waals surface area contributed by atoms with E-state index in [4.69, 9.17) is 9.84 Å². The number of carbonyl (C=O) groups is 1. The summed E-state index contributed by atoms with van der Waals surface area (Å²) in [4.78, 5) is 10.8. The van der Waals surface area contributed by atoms with E-state index in [2.05, 4.69) is 0 Å². The molecule has 0 atom stereocenters. The van der Waals surface area contributed by atoms with Gasteiger partial charge < -0.3 is 9.84 Å². The van der Waals surface area contributed by atoms with Crippen molar-refractivity contribution in [3.8, 4) is 11.5 Å². The van der Waals surface area contributed by atoms with E-state index in [1.807, 2.05) is 0 Å². The van der Waals surface area contributed by atoms with Crippen molar-refractivity contribution in [1.82, 2.24) is 0 Å². The lowest BCUT2D eigenvalue weighted by molar-refractivity contribution is 0.112. The summed E-state index contributed by atoms with van der Waals surface area (Å²) in [5.74, 6) is 1.11. The molecule has 2 rings (SSSR count). The Balaban J connectivity index is 2.27. The molecule has 0 aliphatic rings. The molecule has 0 aliphatic heterocycles.